The molecule has 1 saturated carbocycles. The quantitative estimate of drug-likeness (QED) is 0.849. The number of nitrogens with zero attached hydrogens (tertiary/aromatic N) is 2. The predicted molar refractivity (Wildman–Crippen MR) is 91.4 cm³/mol. The van der Waals surface area contributed by atoms with E-state index in [9.17, 15) is 9.90 Å². The van der Waals surface area contributed by atoms with Crippen molar-refractivity contribution in [3.63, 3.8) is 0 Å². The molecule has 1 N–H and O–H groups in total. The van der Waals surface area contributed by atoms with Crippen molar-refractivity contribution >= 4 is 5.97 Å². The lowest BCUT2D eigenvalue weighted by Gasteiger charge is -2.22. The fourth-order valence-corrected chi connectivity index (χ4v) is 3.39. The third-order valence-electron chi connectivity index (χ3n) is 4.72. The molecule has 3 rings (SSSR count). The molecule has 1 fully saturated rings. The molecule has 0 aliphatic heterocycles. The van der Waals surface area contributed by atoms with Crippen molar-refractivity contribution in [2.45, 2.75) is 50.9 Å². The summed E-state index contributed by atoms with van der Waals surface area (Å²) in [4.78, 5) is 11.4. The van der Waals surface area contributed by atoms with Crippen molar-refractivity contribution in [3.05, 3.63) is 41.7 Å². The first kappa shape index (κ1) is 16.6. The second kappa shape index (κ2) is 7.51. The number of aromatic nitrogens is 2. The van der Waals surface area contributed by atoms with E-state index in [0.29, 0.717) is 18.8 Å². The molecule has 0 saturated heterocycles. The normalized spacial score (nSPS) is 15.4. The van der Waals surface area contributed by atoms with Crippen molar-refractivity contribution in [1.29, 1.82) is 0 Å². The summed E-state index contributed by atoms with van der Waals surface area (Å²) in [5.41, 5.74) is 3.06. The Bertz CT molecular complexity index is 685. The Morgan fingerprint density at radius 1 is 1.25 bits per heavy atom. The molecular weight excluding hydrogens is 304 g/mol. The van der Waals surface area contributed by atoms with Crippen molar-refractivity contribution in [2.24, 2.45) is 0 Å². The van der Waals surface area contributed by atoms with Crippen LogP contribution in [0.5, 0.6) is 5.75 Å². The molecule has 5 heteroatoms. The second-order valence-corrected chi connectivity index (χ2v) is 6.40. The molecule has 5 nitrogen and oxygen atoms in total. The van der Waals surface area contributed by atoms with Gasteiger partial charge in [0.05, 0.1) is 24.9 Å². The topological polar surface area (TPSA) is 64.3 Å². The van der Waals surface area contributed by atoms with Crippen LogP contribution < -0.4 is 0 Å². The Balaban J connectivity index is 1.90. The summed E-state index contributed by atoms with van der Waals surface area (Å²) in [5.74, 6) is 0.538. The van der Waals surface area contributed by atoms with Gasteiger partial charge >= 0.3 is 5.97 Å². The van der Waals surface area contributed by atoms with Crippen molar-refractivity contribution in [3.8, 4) is 11.4 Å². The van der Waals surface area contributed by atoms with Gasteiger partial charge in [-0.3, -0.25) is 4.79 Å². The van der Waals surface area contributed by atoms with Gasteiger partial charge in [-0.25, -0.2) is 4.68 Å². The van der Waals surface area contributed by atoms with E-state index in [1.54, 1.807) is 12.1 Å². The summed E-state index contributed by atoms with van der Waals surface area (Å²) in [5, 5.41) is 14.2. The van der Waals surface area contributed by atoms with Gasteiger partial charge < -0.3 is 9.84 Å². The van der Waals surface area contributed by atoms with E-state index in [0.717, 1.165) is 11.4 Å². The van der Waals surface area contributed by atoms with E-state index in [1.165, 1.54) is 44.9 Å². The van der Waals surface area contributed by atoms with Gasteiger partial charge in [0, 0.05) is 18.0 Å². The zero-order chi connectivity index (χ0) is 16.9. The molecule has 1 aliphatic rings. The molecule has 24 heavy (non-hydrogen) atoms. The molecule has 0 spiro atoms. The Hall–Kier alpha value is -2.30. The summed E-state index contributed by atoms with van der Waals surface area (Å²) >= 11 is 0. The number of ether oxygens (including phenoxy) is 1. The molecule has 1 aromatic carbocycles. The van der Waals surface area contributed by atoms with Crippen LogP contribution in [-0.2, 0) is 16.0 Å². The summed E-state index contributed by atoms with van der Waals surface area (Å²) in [6, 6.07) is 9.23. The zero-order valence-corrected chi connectivity index (χ0v) is 14.1. The highest BCUT2D eigenvalue weighted by Gasteiger charge is 2.22. The average molecular weight is 328 g/mol. The van der Waals surface area contributed by atoms with Gasteiger partial charge in [-0.2, -0.15) is 5.10 Å². The van der Waals surface area contributed by atoms with Crippen LogP contribution in [0.2, 0.25) is 0 Å². The number of rotatable bonds is 5. The maximum absolute atomic E-state index is 11.4. The molecule has 0 radical (unpaired) electrons. The van der Waals surface area contributed by atoms with Crippen LogP contribution in [0.15, 0.2) is 30.3 Å². The molecule has 128 valence electrons. The van der Waals surface area contributed by atoms with E-state index >= 15 is 0 Å². The standard InChI is InChI=1S/C19H24N2O3/c1-24-19(23)12-7-15-13-18(14-5-3-2-4-6-14)21(20-15)16-8-10-17(22)11-9-16/h8-11,13-14,22H,2-7,12H2,1H3. The van der Waals surface area contributed by atoms with E-state index < -0.39 is 0 Å². The third kappa shape index (κ3) is 3.78. The number of esters is 1. The first-order chi connectivity index (χ1) is 11.7. The number of hydrogen-bond donors (Lipinski definition) is 1. The second-order valence-electron chi connectivity index (χ2n) is 6.40. The van der Waals surface area contributed by atoms with E-state index in [1.807, 2.05) is 16.8 Å². The minimum absolute atomic E-state index is 0.214. The summed E-state index contributed by atoms with van der Waals surface area (Å²) in [6.45, 7) is 0. The van der Waals surface area contributed by atoms with Gasteiger partial charge in [0.25, 0.3) is 0 Å². The molecule has 1 aromatic heterocycles. The van der Waals surface area contributed by atoms with Crippen LogP contribution in [0.3, 0.4) is 0 Å². The largest absolute Gasteiger partial charge is 0.508 e. The average Bonchev–Trinajstić information content (AvgIpc) is 3.05. The maximum Gasteiger partial charge on any atom is 0.305 e. The van der Waals surface area contributed by atoms with E-state index in [2.05, 4.69) is 6.07 Å². The number of phenolic OH excluding ortho intramolecular Hbond substituents is 1. The number of benzene rings is 1. The lowest BCUT2D eigenvalue weighted by atomic mass is 9.86. The van der Waals surface area contributed by atoms with Gasteiger partial charge in [0.15, 0.2) is 0 Å². The number of methoxy groups -OCH3 is 1. The van der Waals surface area contributed by atoms with Crippen molar-refractivity contribution in [2.75, 3.05) is 7.11 Å². The molecule has 0 bridgehead atoms. The van der Waals surface area contributed by atoms with E-state index in [-0.39, 0.29) is 11.7 Å². The third-order valence-corrected chi connectivity index (χ3v) is 4.72. The van der Waals surface area contributed by atoms with Crippen LogP contribution in [0.25, 0.3) is 5.69 Å². The van der Waals surface area contributed by atoms with Gasteiger partial charge in [0.2, 0.25) is 0 Å². The lowest BCUT2D eigenvalue weighted by Crippen LogP contribution is -2.10. The highest BCUT2D eigenvalue weighted by Crippen LogP contribution is 2.34. The van der Waals surface area contributed by atoms with Crippen molar-refractivity contribution in [1.82, 2.24) is 9.78 Å². The smallest absolute Gasteiger partial charge is 0.305 e. The number of aromatic hydroxyl groups is 1. The summed E-state index contributed by atoms with van der Waals surface area (Å²) in [7, 11) is 1.41. The fraction of sp³-hybridized carbons (Fsp3) is 0.474. The maximum atomic E-state index is 11.4. The zero-order valence-electron chi connectivity index (χ0n) is 14.1. The molecule has 0 amide bonds. The Kier molecular flexibility index (Phi) is 5.18. The molecule has 0 unspecified atom stereocenters. The molecule has 2 aromatic rings. The molecular formula is C19H24N2O3. The van der Waals surface area contributed by atoms with Crippen LogP contribution in [-0.4, -0.2) is 28.0 Å². The minimum atomic E-state index is -0.214. The summed E-state index contributed by atoms with van der Waals surface area (Å²) < 4.78 is 6.70. The number of phenols is 1. The van der Waals surface area contributed by atoms with Crippen LogP contribution in [0, 0.1) is 0 Å². The van der Waals surface area contributed by atoms with E-state index in [4.69, 9.17) is 9.84 Å². The Morgan fingerprint density at radius 3 is 2.62 bits per heavy atom. The number of hydrogen-bond acceptors (Lipinski definition) is 4. The summed E-state index contributed by atoms with van der Waals surface area (Å²) in [6.07, 6.45) is 7.09. The van der Waals surface area contributed by atoms with Gasteiger partial charge in [-0.05, 0) is 43.2 Å². The highest BCUT2D eigenvalue weighted by molar-refractivity contribution is 5.69. The Morgan fingerprint density at radius 2 is 1.96 bits per heavy atom. The molecule has 1 aliphatic carbocycles. The number of aryl methyl sites for hydroxylation is 1. The SMILES string of the molecule is COC(=O)CCc1cc(C2CCCCC2)n(-c2ccc(O)cc2)n1. The molecule has 1 heterocycles. The fourth-order valence-electron chi connectivity index (χ4n) is 3.39. The monoisotopic (exact) mass is 328 g/mol. The van der Waals surface area contributed by atoms with Crippen LogP contribution >= 0.6 is 0 Å². The Labute approximate surface area is 142 Å². The van der Waals surface area contributed by atoms with Gasteiger partial charge in [-0.15, -0.1) is 0 Å². The highest BCUT2D eigenvalue weighted by atomic mass is 16.5. The van der Waals surface area contributed by atoms with Crippen molar-refractivity contribution < 1.29 is 14.6 Å². The van der Waals surface area contributed by atoms with Gasteiger partial charge in [-0.1, -0.05) is 19.3 Å². The molecule has 0 atom stereocenters. The number of carbonyl (C=O) groups excluding carboxylic acids is 1. The first-order valence-electron chi connectivity index (χ1n) is 8.62. The van der Waals surface area contributed by atoms with Crippen LogP contribution in [0.4, 0.5) is 0 Å². The first-order valence-corrected chi connectivity index (χ1v) is 8.62. The van der Waals surface area contributed by atoms with Crippen LogP contribution in [0.1, 0.15) is 55.8 Å². The predicted octanol–water partition coefficient (Wildman–Crippen LogP) is 3.73. The lowest BCUT2D eigenvalue weighted by molar-refractivity contribution is -0.140. The van der Waals surface area contributed by atoms with Gasteiger partial charge in [0.1, 0.15) is 5.75 Å². The number of carbonyl (C=O) groups is 1. The minimum Gasteiger partial charge on any atom is -0.508 e.